The number of sulfonamides is 1. The Morgan fingerprint density at radius 3 is 2.39 bits per heavy atom. The van der Waals surface area contributed by atoms with Gasteiger partial charge in [0, 0.05) is 42.0 Å². The number of methoxy groups -OCH3 is 2. The molecule has 0 unspecified atom stereocenters. The summed E-state index contributed by atoms with van der Waals surface area (Å²) in [5.41, 5.74) is 0.799. The predicted octanol–water partition coefficient (Wildman–Crippen LogP) is 7.79. The minimum atomic E-state index is -4.71. The topological polar surface area (TPSA) is 111 Å². The summed E-state index contributed by atoms with van der Waals surface area (Å²) in [6.07, 6.45) is 3.20. The largest absolute Gasteiger partial charge is 0.497 e. The number of aromatic nitrogens is 2. The second kappa shape index (κ2) is 15.8. The Morgan fingerprint density at radius 1 is 1.00 bits per heavy atom. The third-order valence-electron chi connectivity index (χ3n) is 8.77. The van der Waals surface area contributed by atoms with Crippen LogP contribution in [0.3, 0.4) is 0 Å². The lowest BCUT2D eigenvalue weighted by Gasteiger charge is -2.39. The Bertz CT molecular complexity index is 1950. The maximum Gasteiger partial charge on any atom is 0.410 e. The molecule has 1 aromatic heterocycles. The molecular weight excluding hydrogens is 702 g/mol. The van der Waals surface area contributed by atoms with Crippen molar-refractivity contribution in [2.24, 2.45) is 5.92 Å². The second-order valence-corrected chi connectivity index (χ2v) is 15.6. The molecule has 5 rings (SSSR count). The van der Waals surface area contributed by atoms with Crippen LogP contribution in [0.5, 0.6) is 11.5 Å². The van der Waals surface area contributed by atoms with Gasteiger partial charge in [-0.05, 0) is 99.4 Å². The van der Waals surface area contributed by atoms with Crippen LogP contribution in [0.4, 0.5) is 19.4 Å². The first kappa shape index (κ1) is 37.8. The number of benzene rings is 3. The average Bonchev–Trinajstić information content (AvgIpc) is 3.10. The highest BCUT2D eigenvalue weighted by atomic mass is 35.5. The van der Waals surface area contributed by atoms with E-state index in [1.165, 1.54) is 26.5 Å². The Balaban J connectivity index is 1.42. The quantitative estimate of drug-likeness (QED) is 0.153. The number of carbonyl (C=O) groups excluding carboxylic acids is 1. The SMILES string of the molecule is COc1ccc(CN(c2ccncn2)S(=O)(=O)c2cc(F)c(CC[C@H]3CN(C(=O)OC(C)(C)C)CC[C@@H]3c3ccc(Cl)cc3)cc2F)c(OC)c1. The Kier molecular flexibility index (Phi) is 11.7. The van der Waals surface area contributed by atoms with Crippen molar-refractivity contribution < 1.29 is 36.2 Å². The smallest absolute Gasteiger partial charge is 0.410 e. The molecule has 0 radical (unpaired) electrons. The van der Waals surface area contributed by atoms with Crippen molar-refractivity contribution in [1.29, 1.82) is 0 Å². The van der Waals surface area contributed by atoms with Crippen molar-refractivity contribution in [3.8, 4) is 11.5 Å². The van der Waals surface area contributed by atoms with E-state index in [0.717, 1.165) is 22.3 Å². The van der Waals surface area contributed by atoms with Gasteiger partial charge in [-0.3, -0.25) is 0 Å². The Labute approximate surface area is 302 Å². The number of halogens is 3. The van der Waals surface area contributed by atoms with E-state index in [-0.39, 0.29) is 36.2 Å². The fourth-order valence-corrected chi connectivity index (χ4v) is 7.83. The van der Waals surface area contributed by atoms with Crippen LogP contribution < -0.4 is 13.8 Å². The highest BCUT2D eigenvalue weighted by molar-refractivity contribution is 7.92. The molecule has 2 atom stereocenters. The molecule has 2 heterocycles. The summed E-state index contributed by atoms with van der Waals surface area (Å²) in [6, 6.07) is 15.3. The van der Waals surface area contributed by atoms with Crippen LogP contribution in [0.2, 0.25) is 5.02 Å². The van der Waals surface area contributed by atoms with Gasteiger partial charge in [-0.25, -0.2) is 36.3 Å². The molecule has 0 bridgehead atoms. The minimum absolute atomic E-state index is 0.0149. The standard InChI is InChI=1S/C37H41ClF2N4O6S/c1-37(2,3)50-36(45)43-17-15-30(24-8-11-28(38)12-9-24)26(21-43)7-6-25-18-32(40)34(20-31(25)39)51(46,47)44(35-14-16-41-23-42-35)22-27-10-13-29(48-4)19-33(27)49-5/h8-14,16,18-20,23,26,30H,6-7,15,17,21-22H2,1-5H3/t26-,30+/m0/s1. The number of likely N-dealkylation sites (tertiary alicyclic amines) is 1. The fourth-order valence-electron chi connectivity index (χ4n) is 6.24. The summed E-state index contributed by atoms with van der Waals surface area (Å²) in [5, 5.41) is 0.593. The number of rotatable bonds is 11. The average molecular weight is 743 g/mol. The Morgan fingerprint density at radius 2 is 1.75 bits per heavy atom. The molecule has 1 fully saturated rings. The number of nitrogens with zero attached hydrogens (tertiary/aromatic N) is 4. The molecule has 0 aliphatic carbocycles. The van der Waals surface area contributed by atoms with Gasteiger partial charge in [-0.2, -0.15) is 0 Å². The van der Waals surface area contributed by atoms with E-state index in [9.17, 15) is 13.2 Å². The minimum Gasteiger partial charge on any atom is -0.497 e. The van der Waals surface area contributed by atoms with Gasteiger partial charge in [0.05, 0.1) is 20.8 Å². The third-order valence-corrected chi connectivity index (χ3v) is 10.8. The maximum absolute atomic E-state index is 15.9. The molecule has 1 aliphatic heterocycles. The van der Waals surface area contributed by atoms with Crippen molar-refractivity contribution in [2.75, 3.05) is 31.6 Å². The number of aryl methyl sites for hydroxylation is 1. The molecule has 0 spiro atoms. The van der Waals surface area contributed by atoms with Crippen LogP contribution >= 0.6 is 11.6 Å². The summed E-state index contributed by atoms with van der Waals surface area (Å²) < 4.78 is 77.2. The number of hydrogen-bond donors (Lipinski definition) is 0. The van der Waals surface area contributed by atoms with Gasteiger partial charge in [-0.15, -0.1) is 0 Å². The lowest BCUT2D eigenvalue weighted by molar-refractivity contribution is 0.0139. The fraction of sp³-hybridized carbons (Fsp3) is 0.378. The van der Waals surface area contributed by atoms with E-state index in [1.54, 1.807) is 56.0 Å². The van der Waals surface area contributed by atoms with Gasteiger partial charge in [0.25, 0.3) is 10.0 Å². The number of ether oxygens (including phenoxy) is 3. The zero-order valence-corrected chi connectivity index (χ0v) is 30.7. The molecule has 10 nitrogen and oxygen atoms in total. The van der Waals surface area contributed by atoms with Gasteiger partial charge in [0.1, 0.15) is 45.8 Å². The van der Waals surface area contributed by atoms with Crippen LogP contribution in [0.25, 0.3) is 0 Å². The number of hydrogen-bond acceptors (Lipinski definition) is 8. The summed E-state index contributed by atoms with van der Waals surface area (Å²) in [7, 11) is -1.79. The van der Waals surface area contributed by atoms with Crippen LogP contribution in [-0.4, -0.2) is 62.3 Å². The van der Waals surface area contributed by atoms with Crippen LogP contribution in [-0.2, 0) is 27.7 Å². The van der Waals surface area contributed by atoms with Gasteiger partial charge >= 0.3 is 6.09 Å². The van der Waals surface area contributed by atoms with Crippen molar-refractivity contribution >= 4 is 33.5 Å². The van der Waals surface area contributed by atoms with E-state index in [0.29, 0.717) is 54.1 Å². The van der Waals surface area contributed by atoms with Crippen LogP contribution in [0, 0.1) is 17.6 Å². The van der Waals surface area contributed by atoms with Gasteiger partial charge < -0.3 is 19.1 Å². The zero-order chi connectivity index (χ0) is 36.9. The zero-order valence-electron chi connectivity index (χ0n) is 29.1. The highest BCUT2D eigenvalue weighted by Crippen LogP contribution is 2.38. The third kappa shape index (κ3) is 9.06. The normalized spacial score (nSPS) is 16.4. The van der Waals surface area contributed by atoms with E-state index < -0.39 is 38.2 Å². The first-order valence-electron chi connectivity index (χ1n) is 16.4. The predicted molar refractivity (Wildman–Crippen MR) is 190 cm³/mol. The second-order valence-electron chi connectivity index (χ2n) is 13.3. The number of amides is 1. The molecule has 0 N–H and O–H groups in total. The summed E-state index contributed by atoms with van der Waals surface area (Å²) in [4.78, 5) is 21.7. The van der Waals surface area contributed by atoms with E-state index in [2.05, 4.69) is 9.97 Å². The van der Waals surface area contributed by atoms with E-state index >= 15 is 8.78 Å². The van der Waals surface area contributed by atoms with E-state index in [4.69, 9.17) is 25.8 Å². The number of carbonyl (C=O) groups is 1. The molecule has 4 aromatic rings. The lowest BCUT2D eigenvalue weighted by Crippen LogP contribution is -2.45. The highest BCUT2D eigenvalue weighted by Gasteiger charge is 2.35. The molecule has 3 aromatic carbocycles. The first-order valence-corrected chi connectivity index (χ1v) is 18.2. The molecule has 14 heteroatoms. The molecular formula is C37H41ClF2N4O6S. The summed E-state index contributed by atoms with van der Waals surface area (Å²) >= 11 is 6.14. The maximum atomic E-state index is 15.9. The van der Waals surface area contributed by atoms with Gasteiger partial charge in [0.15, 0.2) is 0 Å². The molecule has 1 amide bonds. The van der Waals surface area contributed by atoms with Crippen molar-refractivity contribution in [1.82, 2.24) is 14.9 Å². The van der Waals surface area contributed by atoms with Crippen LogP contribution in [0.15, 0.2) is 78.1 Å². The number of piperidine rings is 1. The molecule has 272 valence electrons. The van der Waals surface area contributed by atoms with Gasteiger partial charge in [0.2, 0.25) is 0 Å². The molecule has 51 heavy (non-hydrogen) atoms. The number of anilines is 1. The molecule has 1 aliphatic rings. The first-order chi connectivity index (χ1) is 24.2. The van der Waals surface area contributed by atoms with Crippen molar-refractivity contribution in [2.45, 2.75) is 63.0 Å². The Hall–Kier alpha value is -4.49. The lowest BCUT2D eigenvalue weighted by atomic mass is 9.77. The monoisotopic (exact) mass is 742 g/mol. The van der Waals surface area contributed by atoms with Crippen molar-refractivity contribution in [3.05, 3.63) is 107 Å². The summed E-state index contributed by atoms with van der Waals surface area (Å²) in [5.74, 6) is -1.33. The summed E-state index contributed by atoms with van der Waals surface area (Å²) in [6.45, 7) is 5.91. The van der Waals surface area contributed by atoms with Crippen LogP contribution in [0.1, 0.15) is 56.2 Å². The van der Waals surface area contributed by atoms with Gasteiger partial charge in [-0.1, -0.05) is 23.7 Å². The molecule has 1 saturated heterocycles. The van der Waals surface area contributed by atoms with Crippen molar-refractivity contribution in [3.63, 3.8) is 0 Å². The molecule has 0 saturated carbocycles. The van der Waals surface area contributed by atoms with E-state index in [1.807, 2.05) is 12.1 Å².